The maximum Gasteiger partial charge on any atom is 0.405 e. The molecule has 0 spiro atoms. The Bertz CT molecular complexity index is 1050. The Hall–Kier alpha value is -3.13. The Balaban J connectivity index is 1.81. The second kappa shape index (κ2) is 9.79. The molecule has 1 aromatic carbocycles. The van der Waals surface area contributed by atoms with Crippen molar-refractivity contribution in [2.24, 2.45) is 4.99 Å². The van der Waals surface area contributed by atoms with E-state index in [0.717, 1.165) is 18.3 Å². The highest BCUT2D eigenvalue weighted by molar-refractivity contribution is 7.19. The van der Waals surface area contributed by atoms with E-state index in [2.05, 4.69) is 20.6 Å². The molecule has 0 radical (unpaired) electrons. The highest BCUT2D eigenvalue weighted by Crippen LogP contribution is 2.33. The normalized spacial score (nSPS) is 18.2. The first-order valence-corrected chi connectivity index (χ1v) is 10.4. The fourth-order valence-electron chi connectivity index (χ4n) is 3.35. The summed E-state index contributed by atoms with van der Waals surface area (Å²) < 4.78 is 67.5. The molecule has 2 aromatic rings. The van der Waals surface area contributed by atoms with E-state index in [1.807, 2.05) is 0 Å². The number of aromatic nitrogens is 1. The lowest BCUT2D eigenvalue weighted by molar-refractivity contribution is -0.161. The summed E-state index contributed by atoms with van der Waals surface area (Å²) in [6.07, 6.45) is -3.67. The lowest BCUT2D eigenvalue weighted by Crippen LogP contribution is -2.61. The van der Waals surface area contributed by atoms with Gasteiger partial charge in [0.05, 0.1) is 5.56 Å². The van der Waals surface area contributed by atoms with Crippen LogP contribution in [-0.4, -0.2) is 72.8 Å². The minimum Gasteiger partial charge on any atom is -0.389 e. The fourth-order valence-corrected chi connectivity index (χ4v) is 4.23. The molecule has 33 heavy (non-hydrogen) atoms. The summed E-state index contributed by atoms with van der Waals surface area (Å²) in [4.78, 5) is 22.0. The van der Waals surface area contributed by atoms with Crippen LogP contribution in [-0.2, 0) is 0 Å². The van der Waals surface area contributed by atoms with Gasteiger partial charge in [-0.05, 0) is 12.1 Å². The average Bonchev–Trinajstić information content (AvgIpc) is 3.14. The largest absolute Gasteiger partial charge is 0.405 e. The number of amides is 1. The van der Waals surface area contributed by atoms with Crippen LogP contribution in [0.1, 0.15) is 10.5 Å². The molecule has 5 N–H and O–H groups in total. The Morgan fingerprint density at radius 2 is 2.09 bits per heavy atom. The molecule has 0 saturated carbocycles. The summed E-state index contributed by atoms with van der Waals surface area (Å²) in [6, 6.07) is 0.277. The van der Waals surface area contributed by atoms with E-state index in [1.165, 1.54) is 18.0 Å². The molecule has 0 aliphatic carbocycles. The number of alkyl halides is 3. The first kappa shape index (κ1) is 24.5. The van der Waals surface area contributed by atoms with Gasteiger partial charge in [-0.15, -0.1) is 0 Å². The summed E-state index contributed by atoms with van der Waals surface area (Å²) in [5.74, 6) is -2.59. The number of anilines is 1. The number of amidine groups is 1. The second-order valence-electron chi connectivity index (χ2n) is 7.02. The standard InChI is InChI=1S/C19H20F5N7OS/c1-27-16(31-6-5-28-12(8-31)19(22,23)24)11(7-25)29-17(32)14-15(26)33-18(30-14)13-9(20)3-2-4-10(13)21/h2-4,7,11-12,25,28H,5-6,8,26H2,1H3,(H,29,32)/t11?,12-/m1/s1. The van der Waals surface area contributed by atoms with Crippen molar-refractivity contribution in [3.8, 4) is 10.6 Å². The van der Waals surface area contributed by atoms with E-state index >= 15 is 0 Å². The number of nitrogens with one attached hydrogen (secondary N) is 3. The molecule has 3 rings (SSSR count). The Morgan fingerprint density at radius 1 is 1.42 bits per heavy atom. The predicted octanol–water partition coefficient (Wildman–Crippen LogP) is 2.28. The van der Waals surface area contributed by atoms with Crippen LogP contribution in [0, 0.1) is 17.0 Å². The van der Waals surface area contributed by atoms with Crippen LogP contribution in [0.25, 0.3) is 10.6 Å². The molecule has 8 nitrogen and oxygen atoms in total. The third-order valence-corrected chi connectivity index (χ3v) is 5.80. The third-order valence-electron chi connectivity index (χ3n) is 4.90. The van der Waals surface area contributed by atoms with Crippen LogP contribution >= 0.6 is 11.3 Å². The Morgan fingerprint density at radius 3 is 2.67 bits per heavy atom. The lowest BCUT2D eigenvalue weighted by atomic mass is 10.1. The molecule has 1 unspecified atom stereocenters. The van der Waals surface area contributed by atoms with Crippen LogP contribution < -0.4 is 16.4 Å². The summed E-state index contributed by atoms with van der Waals surface area (Å²) in [5.41, 5.74) is 5.07. The topological polar surface area (TPSA) is 119 Å². The first-order chi connectivity index (χ1) is 15.6. The third kappa shape index (κ3) is 5.27. The number of benzene rings is 1. The number of aliphatic imine (C=N–C) groups is 1. The molecular weight excluding hydrogens is 469 g/mol. The van der Waals surface area contributed by atoms with E-state index < -0.39 is 47.9 Å². The van der Waals surface area contributed by atoms with E-state index in [-0.39, 0.29) is 34.6 Å². The maximum atomic E-state index is 14.1. The number of nitrogens with zero attached hydrogens (tertiary/aromatic N) is 3. The van der Waals surface area contributed by atoms with Gasteiger partial charge in [-0.2, -0.15) is 13.2 Å². The molecule has 1 aromatic heterocycles. The quantitative estimate of drug-likeness (QED) is 0.292. The van der Waals surface area contributed by atoms with Crippen molar-refractivity contribution in [2.45, 2.75) is 18.3 Å². The van der Waals surface area contributed by atoms with Crippen molar-refractivity contribution in [3.63, 3.8) is 0 Å². The second-order valence-corrected chi connectivity index (χ2v) is 8.05. The van der Waals surface area contributed by atoms with Gasteiger partial charge in [-0.3, -0.25) is 9.79 Å². The number of carbonyl (C=O) groups is 1. The van der Waals surface area contributed by atoms with Gasteiger partial charge in [0, 0.05) is 32.9 Å². The number of hydrogen-bond donors (Lipinski definition) is 4. The molecule has 14 heteroatoms. The number of nitrogens with two attached hydrogens (primary N) is 1. The van der Waals surface area contributed by atoms with Gasteiger partial charge in [0.2, 0.25) is 0 Å². The summed E-state index contributed by atoms with van der Waals surface area (Å²) >= 11 is 0.699. The van der Waals surface area contributed by atoms with Crippen molar-refractivity contribution >= 4 is 34.3 Å². The highest BCUT2D eigenvalue weighted by atomic mass is 32.1. The van der Waals surface area contributed by atoms with Crippen molar-refractivity contribution < 1.29 is 26.7 Å². The van der Waals surface area contributed by atoms with Gasteiger partial charge in [0.15, 0.2) is 5.69 Å². The lowest BCUT2D eigenvalue weighted by Gasteiger charge is -2.38. The summed E-state index contributed by atoms with van der Waals surface area (Å²) in [6.45, 7) is -0.251. The molecule has 2 heterocycles. The van der Waals surface area contributed by atoms with E-state index in [4.69, 9.17) is 11.1 Å². The van der Waals surface area contributed by atoms with Gasteiger partial charge in [-0.1, -0.05) is 17.4 Å². The van der Waals surface area contributed by atoms with Gasteiger partial charge in [-0.25, -0.2) is 13.8 Å². The zero-order valence-electron chi connectivity index (χ0n) is 17.2. The van der Waals surface area contributed by atoms with Crippen molar-refractivity contribution in [1.29, 1.82) is 5.41 Å². The van der Waals surface area contributed by atoms with Crippen molar-refractivity contribution in [1.82, 2.24) is 20.5 Å². The van der Waals surface area contributed by atoms with Gasteiger partial charge in [0.1, 0.15) is 39.6 Å². The molecule has 1 amide bonds. The SMILES string of the molecule is CN=C(C(C=N)NC(=O)c1nc(-c2c(F)cccc2F)sc1N)N1CCN[C@@H](C(F)(F)F)C1. The molecule has 1 aliphatic rings. The summed E-state index contributed by atoms with van der Waals surface area (Å²) in [5, 5.41) is 12.2. The average molecular weight is 489 g/mol. The molecule has 1 aliphatic heterocycles. The minimum atomic E-state index is -4.48. The van der Waals surface area contributed by atoms with Crippen LogP contribution in [0.4, 0.5) is 27.0 Å². The maximum absolute atomic E-state index is 14.1. The van der Waals surface area contributed by atoms with E-state index in [9.17, 15) is 26.7 Å². The minimum absolute atomic E-state index is 0.0263. The van der Waals surface area contributed by atoms with Crippen molar-refractivity contribution in [3.05, 3.63) is 35.5 Å². The number of hydrogen-bond acceptors (Lipinski definition) is 7. The molecule has 0 bridgehead atoms. The number of piperazine rings is 1. The zero-order valence-corrected chi connectivity index (χ0v) is 18.0. The van der Waals surface area contributed by atoms with E-state index in [1.54, 1.807) is 0 Å². The molecule has 2 atom stereocenters. The van der Waals surface area contributed by atoms with Crippen LogP contribution in [0.15, 0.2) is 23.2 Å². The highest BCUT2D eigenvalue weighted by Gasteiger charge is 2.43. The van der Waals surface area contributed by atoms with Gasteiger partial charge in [0.25, 0.3) is 5.91 Å². The monoisotopic (exact) mass is 489 g/mol. The fraction of sp³-hybridized carbons (Fsp3) is 0.368. The number of carbonyl (C=O) groups excluding carboxylic acids is 1. The Kier molecular flexibility index (Phi) is 7.27. The smallest absolute Gasteiger partial charge is 0.389 e. The van der Waals surface area contributed by atoms with E-state index in [0.29, 0.717) is 11.3 Å². The van der Waals surface area contributed by atoms with Gasteiger partial charge >= 0.3 is 6.18 Å². The number of thiazole rings is 1. The molecule has 178 valence electrons. The number of halogens is 5. The van der Waals surface area contributed by atoms with Crippen molar-refractivity contribution in [2.75, 3.05) is 32.4 Å². The molecule has 1 fully saturated rings. The summed E-state index contributed by atoms with van der Waals surface area (Å²) in [7, 11) is 1.33. The predicted molar refractivity (Wildman–Crippen MR) is 115 cm³/mol. The number of rotatable bonds is 5. The van der Waals surface area contributed by atoms with Crippen LogP contribution in [0.5, 0.6) is 0 Å². The molecular formula is C19H20F5N7OS. The molecule has 1 saturated heterocycles. The first-order valence-electron chi connectivity index (χ1n) is 9.60. The Labute approximate surface area is 189 Å². The number of nitrogen functional groups attached to an aromatic ring is 1. The van der Waals surface area contributed by atoms with Gasteiger partial charge < -0.3 is 26.7 Å². The van der Waals surface area contributed by atoms with Crippen LogP contribution in [0.3, 0.4) is 0 Å². The zero-order chi connectivity index (χ0) is 24.3. The van der Waals surface area contributed by atoms with Crippen LogP contribution in [0.2, 0.25) is 0 Å².